The lowest BCUT2D eigenvalue weighted by Crippen LogP contribution is -2.36. The van der Waals surface area contributed by atoms with E-state index in [-0.39, 0.29) is 23.8 Å². The Balaban J connectivity index is 0.00000361. The molecule has 0 saturated carbocycles. The number of aromatic nitrogens is 3. The van der Waals surface area contributed by atoms with Gasteiger partial charge in [0.2, 0.25) is 0 Å². The Labute approximate surface area is 205 Å². The minimum Gasteiger partial charge on any atom is -0.383 e. The highest BCUT2D eigenvalue weighted by Crippen LogP contribution is 2.34. The third-order valence-electron chi connectivity index (χ3n) is 4.90. The Morgan fingerprint density at radius 2 is 1.75 bits per heavy atom. The molecule has 4 rings (SSSR count). The zero-order chi connectivity index (χ0) is 25.4. The number of halogens is 7. The molecule has 0 bridgehead atoms. The number of nitrogens with two attached hydrogens (primary N) is 1. The van der Waals surface area contributed by atoms with Gasteiger partial charge in [-0.2, -0.15) is 26.3 Å². The number of carbonyl (C=O) groups excluding carboxylic acids is 1. The summed E-state index contributed by atoms with van der Waals surface area (Å²) < 4.78 is 77.3. The van der Waals surface area contributed by atoms with E-state index >= 15 is 0 Å². The Bertz CT molecular complexity index is 1400. The molecule has 4 aromatic rings. The summed E-state index contributed by atoms with van der Waals surface area (Å²) in [7, 11) is 0. The van der Waals surface area contributed by atoms with E-state index in [4.69, 9.17) is 5.73 Å². The van der Waals surface area contributed by atoms with Gasteiger partial charge in [-0.1, -0.05) is 12.1 Å². The molecule has 3 aromatic heterocycles. The molecule has 14 heteroatoms. The van der Waals surface area contributed by atoms with Crippen LogP contribution in [0.2, 0.25) is 0 Å². The predicted molar refractivity (Wildman–Crippen MR) is 124 cm³/mol. The van der Waals surface area contributed by atoms with Gasteiger partial charge in [-0.05, 0) is 36.4 Å². The highest BCUT2D eigenvalue weighted by molar-refractivity contribution is 5.90. The molecule has 190 valence electrons. The normalized spacial score (nSPS) is 11.7. The van der Waals surface area contributed by atoms with E-state index in [1.54, 1.807) is 46.2 Å². The number of rotatable bonds is 4. The largest absolute Gasteiger partial charge is 0.419 e. The van der Waals surface area contributed by atoms with Crippen LogP contribution < -0.4 is 16.4 Å². The van der Waals surface area contributed by atoms with Crippen LogP contribution in [0.15, 0.2) is 60.9 Å². The van der Waals surface area contributed by atoms with Crippen LogP contribution >= 0.6 is 12.4 Å². The second-order valence-electron chi connectivity index (χ2n) is 7.42. The van der Waals surface area contributed by atoms with E-state index < -0.39 is 36.3 Å². The Kier molecular flexibility index (Phi) is 7.34. The molecule has 4 N–H and O–H groups in total. The van der Waals surface area contributed by atoms with Gasteiger partial charge >= 0.3 is 18.4 Å². The molecule has 0 aliphatic heterocycles. The summed E-state index contributed by atoms with van der Waals surface area (Å²) in [6.07, 6.45) is -5.97. The van der Waals surface area contributed by atoms with E-state index in [0.717, 1.165) is 6.07 Å². The van der Waals surface area contributed by atoms with Crippen molar-refractivity contribution in [3.05, 3.63) is 66.5 Å². The van der Waals surface area contributed by atoms with Crippen molar-refractivity contribution >= 4 is 35.6 Å². The second kappa shape index (κ2) is 9.93. The molecule has 0 fully saturated rings. The number of fused-ring (bicyclic) bond motifs is 1. The van der Waals surface area contributed by atoms with Crippen molar-refractivity contribution in [3.8, 4) is 22.5 Å². The molecule has 0 radical (unpaired) electrons. The molecule has 0 aliphatic carbocycles. The summed E-state index contributed by atoms with van der Waals surface area (Å²) in [5.41, 5.74) is 7.12. The van der Waals surface area contributed by atoms with Gasteiger partial charge in [0.1, 0.15) is 18.0 Å². The summed E-state index contributed by atoms with van der Waals surface area (Å²) in [6, 6.07) is 10.7. The van der Waals surface area contributed by atoms with E-state index in [1.165, 1.54) is 18.3 Å². The van der Waals surface area contributed by atoms with Gasteiger partial charge in [0, 0.05) is 23.0 Å². The zero-order valence-electron chi connectivity index (χ0n) is 18.0. The van der Waals surface area contributed by atoms with Crippen molar-refractivity contribution in [2.75, 3.05) is 17.6 Å². The molecule has 3 heterocycles. The van der Waals surface area contributed by atoms with Gasteiger partial charge in [0.25, 0.3) is 0 Å². The minimum absolute atomic E-state index is 0. The first-order valence-corrected chi connectivity index (χ1v) is 9.94. The third kappa shape index (κ3) is 5.97. The quantitative estimate of drug-likeness (QED) is 0.292. The molecule has 0 saturated heterocycles. The molecule has 0 spiro atoms. The lowest BCUT2D eigenvalue weighted by Gasteiger charge is -2.11. The van der Waals surface area contributed by atoms with Gasteiger partial charge in [-0.15, -0.1) is 12.4 Å². The lowest BCUT2D eigenvalue weighted by molar-refractivity contribution is -0.137. The number of pyridine rings is 2. The lowest BCUT2D eigenvalue weighted by atomic mass is 10.1. The molecular formula is C22H17ClF6N6O. The van der Waals surface area contributed by atoms with Crippen molar-refractivity contribution in [2.24, 2.45) is 0 Å². The standard InChI is InChI=1S/C22H16F6N6O.ClH/c23-21(24,25)11-31-20(35)32-14-3-1-2-13(8-14)17-10-30-18-9-12(6-7-34(17)18)16-5-4-15(19(29)33-16)22(26,27)28;/h1-10H,11H2,(H2,29,33)(H2,31,32,35);1H. The van der Waals surface area contributed by atoms with Crippen molar-refractivity contribution in [3.63, 3.8) is 0 Å². The number of urea groups is 1. The number of nitrogens with one attached hydrogen (secondary N) is 2. The number of anilines is 2. The molecule has 0 aliphatic rings. The first-order chi connectivity index (χ1) is 16.4. The zero-order valence-corrected chi connectivity index (χ0v) is 18.8. The van der Waals surface area contributed by atoms with Crippen LogP contribution in [0, 0.1) is 0 Å². The molecule has 2 amide bonds. The average molecular weight is 531 g/mol. The summed E-state index contributed by atoms with van der Waals surface area (Å²) in [6.45, 7) is -1.46. The highest BCUT2D eigenvalue weighted by Gasteiger charge is 2.33. The minimum atomic E-state index is -4.61. The number of alkyl halides is 6. The fourth-order valence-corrected chi connectivity index (χ4v) is 3.34. The average Bonchev–Trinajstić information content (AvgIpc) is 3.20. The van der Waals surface area contributed by atoms with E-state index in [2.05, 4.69) is 15.3 Å². The van der Waals surface area contributed by atoms with E-state index in [1.807, 2.05) is 0 Å². The number of nitrogen functional groups attached to an aromatic ring is 1. The predicted octanol–water partition coefficient (Wildman–Crippen LogP) is 5.77. The van der Waals surface area contributed by atoms with Crippen molar-refractivity contribution in [1.29, 1.82) is 0 Å². The molecule has 36 heavy (non-hydrogen) atoms. The fraction of sp³-hybridized carbons (Fsp3) is 0.136. The fourth-order valence-electron chi connectivity index (χ4n) is 3.34. The number of hydrogen-bond donors (Lipinski definition) is 3. The van der Waals surface area contributed by atoms with Gasteiger partial charge < -0.3 is 16.4 Å². The highest BCUT2D eigenvalue weighted by atomic mass is 35.5. The van der Waals surface area contributed by atoms with Crippen LogP contribution in [0.5, 0.6) is 0 Å². The number of benzene rings is 1. The summed E-state index contributed by atoms with van der Waals surface area (Å²) in [4.78, 5) is 19.9. The monoisotopic (exact) mass is 530 g/mol. The number of imidazole rings is 1. The van der Waals surface area contributed by atoms with Gasteiger partial charge in [0.05, 0.1) is 23.1 Å². The maximum atomic E-state index is 12.9. The number of nitrogens with zero attached hydrogens (tertiary/aromatic N) is 3. The Hall–Kier alpha value is -4.00. The summed E-state index contributed by atoms with van der Waals surface area (Å²) in [5.74, 6) is -0.637. The SMILES string of the molecule is Cl.Nc1nc(-c2ccn3c(-c4cccc(NC(=O)NCC(F)(F)F)c4)cnc3c2)ccc1C(F)(F)F. The van der Waals surface area contributed by atoms with E-state index in [9.17, 15) is 31.1 Å². The number of hydrogen-bond acceptors (Lipinski definition) is 4. The summed E-state index contributed by atoms with van der Waals surface area (Å²) in [5, 5.41) is 4.06. The summed E-state index contributed by atoms with van der Waals surface area (Å²) >= 11 is 0. The maximum absolute atomic E-state index is 12.9. The van der Waals surface area contributed by atoms with Gasteiger partial charge in [-0.3, -0.25) is 4.40 Å². The van der Waals surface area contributed by atoms with Crippen LogP contribution in [0.3, 0.4) is 0 Å². The molecule has 1 aromatic carbocycles. The smallest absolute Gasteiger partial charge is 0.383 e. The van der Waals surface area contributed by atoms with Crippen LogP contribution in [0.25, 0.3) is 28.2 Å². The van der Waals surface area contributed by atoms with Crippen LogP contribution in [0.1, 0.15) is 5.56 Å². The van der Waals surface area contributed by atoms with Gasteiger partial charge in [-0.25, -0.2) is 14.8 Å². The van der Waals surface area contributed by atoms with E-state index in [0.29, 0.717) is 22.5 Å². The van der Waals surface area contributed by atoms with Gasteiger partial charge in [0.15, 0.2) is 0 Å². The Morgan fingerprint density at radius 3 is 2.42 bits per heavy atom. The van der Waals surface area contributed by atoms with Crippen LogP contribution in [-0.4, -0.2) is 33.1 Å². The first kappa shape index (κ1) is 26.6. The van der Waals surface area contributed by atoms with Crippen LogP contribution in [-0.2, 0) is 6.18 Å². The van der Waals surface area contributed by atoms with Crippen molar-refractivity contribution in [2.45, 2.75) is 12.4 Å². The molecule has 7 nitrogen and oxygen atoms in total. The molecule has 0 atom stereocenters. The molecular weight excluding hydrogens is 514 g/mol. The number of amides is 2. The molecule has 0 unspecified atom stereocenters. The topological polar surface area (TPSA) is 97.3 Å². The van der Waals surface area contributed by atoms with Crippen molar-refractivity contribution < 1.29 is 31.1 Å². The Morgan fingerprint density at radius 1 is 1.00 bits per heavy atom. The van der Waals surface area contributed by atoms with Crippen LogP contribution in [0.4, 0.5) is 42.6 Å². The first-order valence-electron chi connectivity index (χ1n) is 9.94. The number of carbonyl (C=O) groups is 1. The third-order valence-corrected chi connectivity index (χ3v) is 4.90. The maximum Gasteiger partial charge on any atom is 0.419 e. The van der Waals surface area contributed by atoms with Crippen molar-refractivity contribution in [1.82, 2.24) is 19.7 Å². The second-order valence-corrected chi connectivity index (χ2v) is 7.42.